The number of benzene rings is 2. The maximum atomic E-state index is 12.5. The number of rotatable bonds is 8. The van der Waals surface area contributed by atoms with Gasteiger partial charge >= 0.3 is 0 Å². The summed E-state index contributed by atoms with van der Waals surface area (Å²) in [5.74, 6) is 1.48. The number of carbonyl (C=O) groups is 1. The van der Waals surface area contributed by atoms with Crippen LogP contribution in [0.25, 0.3) is 0 Å². The molecule has 7 nitrogen and oxygen atoms in total. The molecule has 3 rings (SSSR count). The average Bonchev–Trinajstić information content (AvgIpc) is 3.15. The van der Waals surface area contributed by atoms with Gasteiger partial charge in [-0.05, 0) is 24.6 Å². The summed E-state index contributed by atoms with van der Waals surface area (Å²) in [4.78, 5) is 12.5. The van der Waals surface area contributed by atoms with Crippen molar-refractivity contribution < 1.29 is 18.7 Å². The molecule has 1 N–H and O–H groups in total. The van der Waals surface area contributed by atoms with Crippen LogP contribution in [0.1, 0.15) is 18.4 Å². The number of anilines is 1. The van der Waals surface area contributed by atoms with Gasteiger partial charge in [-0.1, -0.05) is 42.1 Å². The molecular weight excluding hydrogens is 378 g/mol. The van der Waals surface area contributed by atoms with Crippen LogP contribution in [0.2, 0.25) is 0 Å². The van der Waals surface area contributed by atoms with Gasteiger partial charge in [0.05, 0.1) is 25.9 Å². The topological polar surface area (TPSA) is 86.5 Å². The van der Waals surface area contributed by atoms with Gasteiger partial charge in [-0.2, -0.15) is 0 Å². The van der Waals surface area contributed by atoms with E-state index in [-0.39, 0.29) is 5.91 Å². The number of ether oxygens (including phenoxy) is 2. The maximum Gasteiger partial charge on any atom is 0.277 e. The van der Waals surface area contributed by atoms with E-state index in [0.29, 0.717) is 34.7 Å². The molecule has 0 spiro atoms. The number of nitrogens with one attached hydrogen (secondary N) is 1. The highest BCUT2D eigenvalue weighted by Gasteiger charge is 2.19. The van der Waals surface area contributed by atoms with Gasteiger partial charge in [0.15, 0.2) is 11.5 Å². The van der Waals surface area contributed by atoms with Gasteiger partial charge in [-0.3, -0.25) is 4.79 Å². The van der Waals surface area contributed by atoms with Crippen molar-refractivity contribution in [3.63, 3.8) is 0 Å². The zero-order valence-electron chi connectivity index (χ0n) is 15.8. The van der Waals surface area contributed by atoms with E-state index in [1.807, 2.05) is 30.3 Å². The molecule has 0 aliphatic carbocycles. The Hall–Kier alpha value is -3.00. The Morgan fingerprint density at radius 3 is 2.57 bits per heavy atom. The van der Waals surface area contributed by atoms with E-state index in [2.05, 4.69) is 15.5 Å². The first-order chi connectivity index (χ1) is 13.6. The lowest BCUT2D eigenvalue weighted by Crippen LogP contribution is -2.22. The van der Waals surface area contributed by atoms with Crippen LogP contribution in [-0.2, 0) is 11.2 Å². The van der Waals surface area contributed by atoms with Gasteiger partial charge < -0.3 is 19.2 Å². The highest BCUT2D eigenvalue weighted by Crippen LogP contribution is 2.30. The number of nitrogens with zero attached hydrogens (tertiary/aromatic N) is 2. The van der Waals surface area contributed by atoms with E-state index < -0.39 is 5.25 Å². The van der Waals surface area contributed by atoms with Crippen molar-refractivity contribution in [3.05, 3.63) is 60.0 Å². The van der Waals surface area contributed by atoms with Gasteiger partial charge in [0, 0.05) is 11.8 Å². The summed E-state index contributed by atoms with van der Waals surface area (Å²) in [7, 11) is 3.11. The number of hydrogen-bond donors (Lipinski definition) is 1. The molecule has 0 unspecified atom stereocenters. The number of aromatic nitrogens is 2. The molecule has 0 aliphatic rings. The van der Waals surface area contributed by atoms with Crippen molar-refractivity contribution >= 4 is 23.4 Å². The first-order valence-corrected chi connectivity index (χ1v) is 9.53. The lowest BCUT2D eigenvalue weighted by molar-refractivity contribution is -0.115. The minimum absolute atomic E-state index is 0.181. The molecule has 1 amide bonds. The van der Waals surface area contributed by atoms with E-state index in [1.165, 1.54) is 11.8 Å². The zero-order valence-corrected chi connectivity index (χ0v) is 16.7. The van der Waals surface area contributed by atoms with Crippen molar-refractivity contribution in [1.82, 2.24) is 10.2 Å². The Bertz CT molecular complexity index is 930. The summed E-state index contributed by atoms with van der Waals surface area (Å²) in [6, 6.07) is 15.1. The number of carbonyl (C=O) groups excluding carboxylic acids is 1. The van der Waals surface area contributed by atoms with Gasteiger partial charge in [-0.25, -0.2) is 0 Å². The third-order valence-corrected chi connectivity index (χ3v) is 4.88. The molecule has 0 aliphatic heterocycles. The van der Waals surface area contributed by atoms with Gasteiger partial charge in [0.25, 0.3) is 5.22 Å². The van der Waals surface area contributed by atoms with Crippen molar-refractivity contribution in [2.75, 3.05) is 19.5 Å². The highest BCUT2D eigenvalue weighted by atomic mass is 32.2. The summed E-state index contributed by atoms with van der Waals surface area (Å²) in [6.07, 6.45) is 0.556. The second kappa shape index (κ2) is 9.27. The average molecular weight is 399 g/mol. The molecule has 146 valence electrons. The summed E-state index contributed by atoms with van der Waals surface area (Å²) >= 11 is 1.21. The Morgan fingerprint density at radius 1 is 1.11 bits per heavy atom. The lowest BCUT2D eigenvalue weighted by atomic mass is 10.2. The predicted octanol–water partition coefficient (Wildman–Crippen LogP) is 3.80. The molecule has 1 aromatic heterocycles. The molecule has 28 heavy (non-hydrogen) atoms. The summed E-state index contributed by atoms with van der Waals surface area (Å²) < 4.78 is 16.1. The molecule has 3 aromatic rings. The van der Waals surface area contributed by atoms with Crippen LogP contribution >= 0.6 is 11.8 Å². The summed E-state index contributed by atoms with van der Waals surface area (Å²) in [6.45, 7) is 1.78. The van der Waals surface area contributed by atoms with Crippen molar-refractivity contribution in [3.8, 4) is 11.5 Å². The fourth-order valence-corrected chi connectivity index (χ4v) is 3.19. The van der Waals surface area contributed by atoms with Crippen LogP contribution in [0.5, 0.6) is 11.5 Å². The Morgan fingerprint density at radius 2 is 1.86 bits per heavy atom. The fourth-order valence-electron chi connectivity index (χ4n) is 2.49. The minimum Gasteiger partial charge on any atom is -0.493 e. The normalized spacial score (nSPS) is 11.7. The van der Waals surface area contributed by atoms with E-state index in [1.54, 1.807) is 39.3 Å². The molecule has 0 bridgehead atoms. The Kier molecular flexibility index (Phi) is 6.54. The van der Waals surface area contributed by atoms with Crippen LogP contribution in [0.15, 0.2) is 58.2 Å². The SMILES string of the molecule is COc1ccc(NC(=O)[C@H](C)Sc2nnc(Cc3ccccc3)o2)cc1OC. The maximum absolute atomic E-state index is 12.5. The lowest BCUT2D eigenvalue weighted by Gasteiger charge is -2.12. The van der Waals surface area contributed by atoms with Gasteiger partial charge in [-0.15, -0.1) is 10.2 Å². The molecule has 0 saturated carbocycles. The van der Waals surface area contributed by atoms with Crippen LogP contribution < -0.4 is 14.8 Å². The molecule has 0 radical (unpaired) electrons. The molecule has 1 atom stereocenters. The molecule has 0 saturated heterocycles. The Labute approximate surface area is 167 Å². The summed E-state index contributed by atoms with van der Waals surface area (Å²) in [5, 5.41) is 10.9. The third-order valence-electron chi connectivity index (χ3n) is 3.94. The second-order valence-corrected chi connectivity index (χ2v) is 7.24. The van der Waals surface area contributed by atoms with Gasteiger partial charge in [0.1, 0.15) is 0 Å². The molecule has 0 fully saturated rings. The third kappa shape index (κ3) is 5.04. The van der Waals surface area contributed by atoms with E-state index in [4.69, 9.17) is 13.9 Å². The van der Waals surface area contributed by atoms with Crippen LogP contribution in [0.4, 0.5) is 5.69 Å². The number of thioether (sulfide) groups is 1. The van der Waals surface area contributed by atoms with E-state index in [0.717, 1.165) is 5.56 Å². The fraction of sp³-hybridized carbons (Fsp3) is 0.250. The van der Waals surface area contributed by atoms with Crippen molar-refractivity contribution in [2.24, 2.45) is 0 Å². The smallest absolute Gasteiger partial charge is 0.277 e. The highest BCUT2D eigenvalue weighted by molar-refractivity contribution is 8.00. The predicted molar refractivity (Wildman–Crippen MR) is 107 cm³/mol. The monoisotopic (exact) mass is 399 g/mol. The number of amides is 1. The van der Waals surface area contributed by atoms with E-state index >= 15 is 0 Å². The Balaban J connectivity index is 1.58. The first-order valence-electron chi connectivity index (χ1n) is 8.65. The first kappa shape index (κ1) is 19.8. The molecule has 8 heteroatoms. The minimum atomic E-state index is -0.418. The van der Waals surface area contributed by atoms with Gasteiger partial charge in [0.2, 0.25) is 11.8 Å². The molecular formula is C20H21N3O4S. The molecule has 2 aromatic carbocycles. The van der Waals surface area contributed by atoms with Crippen LogP contribution in [0.3, 0.4) is 0 Å². The quantitative estimate of drug-likeness (QED) is 0.577. The van der Waals surface area contributed by atoms with Crippen LogP contribution in [-0.4, -0.2) is 35.6 Å². The number of methoxy groups -OCH3 is 2. The van der Waals surface area contributed by atoms with Crippen LogP contribution in [0, 0.1) is 0 Å². The summed E-state index contributed by atoms with van der Waals surface area (Å²) in [5.41, 5.74) is 1.70. The zero-order chi connectivity index (χ0) is 19.9. The standard InChI is InChI=1S/C20H21N3O4S/c1-13(19(24)21-15-9-10-16(25-2)17(12-15)26-3)28-20-23-22-18(27-20)11-14-7-5-4-6-8-14/h4-10,12-13H,11H2,1-3H3,(H,21,24)/t13-/m0/s1. The largest absolute Gasteiger partial charge is 0.493 e. The van der Waals surface area contributed by atoms with E-state index in [9.17, 15) is 4.79 Å². The van der Waals surface area contributed by atoms with Crippen molar-refractivity contribution in [1.29, 1.82) is 0 Å². The van der Waals surface area contributed by atoms with Crippen molar-refractivity contribution in [2.45, 2.75) is 23.8 Å². The molecule has 1 heterocycles. The second-order valence-electron chi connectivity index (χ2n) is 5.94. The number of hydrogen-bond acceptors (Lipinski definition) is 7.